The van der Waals surface area contributed by atoms with Gasteiger partial charge >= 0.3 is 0 Å². The lowest BCUT2D eigenvalue weighted by Gasteiger charge is -1.93. The highest BCUT2D eigenvalue weighted by molar-refractivity contribution is 5.46. The molecule has 0 spiro atoms. The van der Waals surface area contributed by atoms with E-state index in [0.717, 1.165) is 6.54 Å². The van der Waals surface area contributed by atoms with Crippen LogP contribution in [0.4, 0.5) is 0 Å². The van der Waals surface area contributed by atoms with Crippen molar-refractivity contribution in [3.8, 4) is 0 Å². The molecule has 48 valence electrons. The van der Waals surface area contributed by atoms with Crippen molar-refractivity contribution in [2.45, 2.75) is 27.2 Å². The molecule has 0 unspecified atom stereocenters. The van der Waals surface area contributed by atoms with Crippen LogP contribution in [0.25, 0.3) is 0 Å². The Morgan fingerprint density at radius 1 is 1.38 bits per heavy atom. The van der Waals surface area contributed by atoms with Crippen LogP contribution in [0.1, 0.15) is 27.2 Å². The highest BCUT2D eigenvalue weighted by Crippen LogP contribution is 1.77. The fourth-order valence-corrected chi connectivity index (χ4v) is 0.757. The second-order valence-electron chi connectivity index (χ2n) is 1.89. The first kappa shape index (κ1) is 7.67. The van der Waals surface area contributed by atoms with E-state index in [-0.39, 0.29) is 0 Å². The van der Waals surface area contributed by atoms with Gasteiger partial charge in [0.15, 0.2) is 0 Å². The zero-order valence-corrected chi connectivity index (χ0v) is 6.15. The van der Waals surface area contributed by atoms with Crippen molar-refractivity contribution in [2.75, 3.05) is 13.1 Å². The Morgan fingerprint density at radius 3 is 2.12 bits per heavy atom. The molecule has 0 N–H and O–H groups in total. The van der Waals surface area contributed by atoms with Gasteiger partial charge in [0, 0.05) is 13.3 Å². The third kappa shape index (κ3) is 2.78. The van der Waals surface area contributed by atoms with Gasteiger partial charge in [-0.1, -0.05) is 6.92 Å². The van der Waals surface area contributed by atoms with Crippen LogP contribution in [0.5, 0.6) is 0 Å². The molecule has 0 saturated carbocycles. The first-order valence-corrected chi connectivity index (χ1v) is 3.38. The molecular weight excluding hydrogens is 98.1 g/mol. The van der Waals surface area contributed by atoms with E-state index in [0.29, 0.717) is 0 Å². The smallest absolute Gasteiger partial charge is 0.142 e. The minimum Gasteiger partial charge on any atom is -0.240 e. The molecule has 0 saturated heterocycles. The lowest BCUT2D eigenvalue weighted by Crippen LogP contribution is -2.11. The maximum atomic E-state index is 2.31. The maximum Gasteiger partial charge on any atom is 0.142 e. The summed E-state index contributed by atoms with van der Waals surface area (Å²) in [6.07, 6.45) is 3.39. The minimum atomic E-state index is 1.14. The van der Waals surface area contributed by atoms with Gasteiger partial charge in [-0.25, -0.2) is 4.58 Å². The van der Waals surface area contributed by atoms with Crippen LogP contribution in [-0.2, 0) is 0 Å². The molecular formula is C7H16N+. The van der Waals surface area contributed by atoms with Crippen molar-refractivity contribution in [3.63, 3.8) is 0 Å². The van der Waals surface area contributed by atoms with Crippen molar-refractivity contribution < 1.29 is 4.58 Å². The fourth-order valence-electron chi connectivity index (χ4n) is 0.757. The van der Waals surface area contributed by atoms with Crippen LogP contribution in [0.3, 0.4) is 0 Å². The predicted molar refractivity (Wildman–Crippen MR) is 37.7 cm³/mol. The van der Waals surface area contributed by atoms with E-state index in [1.807, 2.05) is 0 Å². The molecule has 1 heteroatoms. The van der Waals surface area contributed by atoms with E-state index < -0.39 is 0 Å². The highest BCUT2D eigenvalue weighted by atomic mass is 15.0. The summed E-state index contributed by atoms with van der Waals surface area (Å²) in [6, 6.07) is 0. The molecule has 0 fully saturated rings. The van der Waals surface area contributed by atoms with E-state index in [9.17, 15) is 0 Å². The molecule has 0 bridgehead atoms. The molecule has 0 aromatic heterocycles. The fraction of sp³-hybridized carbons (Fsp3) is 0.857. The first-order valence-electron chi connectivity index (χ1n) is 3.38. The van der Waals surface area contributed by atoms with E-state index >= 15 is 0 Å². The molecule has 0 radical (unpaired) electrons. The van der Waals surface area contributed by atoms with Gasteiger partial charge in [0.05, 0.1) is 0 Å². The summed E-state index contributed by atoms with van der Waals surface area (Å²) in [6.45, 7) is 8.80. The topological polar surface area (TPSA) is 3.01 Å². The average molecular weight is 114 g/mol. The standard InChI is InChI=1S/C7H16N/c1-4-7-8(5-2)6-3/h5H,4,6-7H2,1-3H3/q+1. The zero-order chi connectivity index (χ0) is 6.41. The Kier molecular flexibility index (Phi) is 4.62. The number of hydrogen-bond acceptors (Lipinski definition) is 0. The summed E-state index contributed by atoms with van der Waals surface area (Å²) in [4.78, 5) is 0. The van der Waals surface area contributed by atoms with E-state index in [2.05, 4.69) is 31.6 Å². The van der Waals surface area contributed by atoms with Crippen molar-refractivity contribution >= 4 is 6.21 Å². The first-order chi connectivity index (χ1) is 3.85. The summed E-state index contributed by atoms with van der Waals surface area (Å²) in [7, 11) is 0. The number of hydrogen-bond donors (Lipinski definition) is 0. The van der Waals surface area contributed by atoms with Gasteiger partial charge in [-0.2, -0.15) is 0 Å². The second kappa shape index (κ2) is 4.82. The molecule has 0 aromatic carbocycles. The van der Waals surface area contributed by atoms with Crippen LogP contribution < -0.4 is 0 Å². The van der Waals surface area contributed by atoms with Crippen LogP contribution in [0, 0.1) is 0 Å². The second-order valence-corrected chi connectivity index (χ2v) is 1.89. The molecule has 0 amide bonds. The largest absolute Gasteiger partial charge is 0.240 e. The SMILES string of the molecule is CC=[N+](CC)CCC. The Labute approximate surface area is 52.0 Å². The van der Waals surface area contributed by atoms with Gasteiger partial charge in [-0.15, -0.1) is 0 Å². The van der Waals surface area contributed by atoms with Crippen molar-refractivity contribution in [3.05, 3.63) is 0 Å². The van der Waals surface area contributed by atoms with Gasteiger partial charge in [-0.05, 0) is 6.92 Å². The van der Waals surface area contributed by atoms with Crippen LogP contribution in [0.15, 0.2) is 0 Å². The average Bonchev–Trinajstić information content (AvgIpc) is 1.83. The van der Waals surface area contributed by atoms with Gasteiger partial charge < -0.3 is 0 Å². The van der Waals surface area contributed by atoms with Gasteiger partial charge in [0.1, 0.15) is 19.3 Å². The lowest BCUT2D eigenvalue weighted by molar-refractivity contribution is -0.520. The summed E-state index contributed by atoms with van der Waals surface area (Å²) in [5, 5.41) is 0. The molecule has 0 aliphatic rings. The van der Waals surface area contributed by atoms with Crippen molar-refractivity contribution in [1.82, 2.24) is 0 Å². The molecule has 0 aliphatic carbocycles. The summed E-state index contributed by atoms with van der Waals surface area (Å²) >= 11 is 0. The summed E-state index contributed by atoms with van der Waals surface area (Å²) in [5.41, 5.74) is 0. The quantitative estimate of drug-likeness (QED) is 0.386. The zero-order valence-electron chi connectivity index (χ0n) is 6.15. The van der Waals surface area contributed by atoms with Crippen molar-refractivity contribution in [1.29, 1.82) is 0 Å². The third-order valence-electron chi connectivity index (χ3n) is 1.28. The Morgan fingerprint density at radius 2 is 2.00 bits per heavy atom. The van der Waals surface area contributed by atoms with Crippen LogP contribution in [-0.4, -0.2) is 23.9 Å². The molecule has 1 nitrogen and oxygen atoms in total. The van der Waals surface area contributed by atoms with E-state index in [1.54, 1.807) is 0 Å². The molecule has 0 atom stereocenters. The number of nitrogens with zero attached hydrogens (tertiary/aromatic N) is 1. The molecule has 0 aromatic rings. The molecule has 0 heterocycles. The highest BCUT2D eigenvalue weighted by Gasteiger charge is 1.91. The van der Waals surface area contributed by atoms with Gasteiger partial charge in [0.25, 0.3) is 0 Å². The van der Waals surface area contributed by atoms with E-state index in [1.165, 1.54) is 13.0 Å². The summed E-state index contributed by atoms with van der Waals surface area (Å²) in [5.74, 6) is 0. The minimum absolute atomic E-state index is 1.14. The predicted octanol–water partition coefficient (Wildman–Crippen LogP) is 1.52. The van der Waals surface area contributed by atoms with Crippen LogP contribution >= 0.6 is 0 Å². The molecule has 0 aliphatic heterocycles. The third-order valence-corrected chi connectivity index (χ3v) is 1.28. The van der Waals surface area contributed by atoms with Crippen molar-refractivity contribution in [2.24, 2.45) is 0 Å². The molecule has 0 rings (SSSR count). The normalized spacial score (nSPS) is 12.1. The summed E-state index contributed by atoms with van der Waals surface area (Å²) < 4.78 is 2.31. The number of rotatable bonds is 3. The van der Waals surface area contributed by atoms with E-state index in [4.69, 9.17) is 0 Å². The Bertz CT molecular complexity index is 74.5. The van der Waals surface area contributed by atoms with Gasteiger partial charge in [0.2, 0.25) is 0 Å². The Balaban J connectivity index is 3.38. The Hall–Kier alpha value is -0.330. The lowest BCUT2D eigenvalue weighted by atomic mass is 10.4. The van der Waals surface area contributed by atoms with Gasteiger partial charge in [-0.3, -0.25) is 0 Å². The molecule has 8 heavy (non-hydrogen) atoms. The maximum absolute atomic E-state index is 2.31. The van der Waals surface area contributed by atoms with Crippen LogP contribution in [0.2, 0.25) is 0 Å². The monoisotopic (exact) mass is 114 g/mol.